The van der Waals surface area contributed by atoms with Crippen LogP contribution in [0.1, 0.15) is 37.6 Å². The molecule has 0 aromatic heterocycles. The smallest absolute Gasteiger partial charge is 0.311 e. The van der Waals surface area contributed by atoms with Crippen molar-refractivity contribution in [2.24, 2.45) is 5.92 Å². The summed E-state index contributed by atoms with van der Waals surface area (Å²) in [5.74, 6) is -1.64. The highest BCUT2D eigenvalue weighted by Crippen LogP contribution is 2.22. The van der Waals surface area contributed by atoms with Gasteiger partial charge >= 0.3 is 5.97 Å². The summed E-state index contributed by atoms with van der Waals surface area (Å²) < 4.78 is 30.0. The third-order valence-corrected chi connectivity index (χ3v) is 4.86. The van der Waals surface area contributed by atoms with Crippen molar-refractivity contribution in [3.63, 3.8) is 0 Å². The molecule has 9 heteroatoms. The van der Waals surface area contributed by atoms with Crippen LogP contribution in [-0.2, 0) is 24.3 Å². The molecule has 1 amide bonds. The lowest BCUT2D eigenvalue weighted by atomic mass is 10.1. The molecule has 0 bridgehead atoms. The number of hydrogen-bond donors (Lipinski definition) is 1. The van der Waals surface area contributed by atoms with E-state index in [1.807, 2.05) is 13.8 Å². The van der Waals surface area contributed by atoms with Crippen LogP contribution in [0.25, 0.3) is 0 Å². The lowest BCUT2D eigenvalue weighted by Gasteiger charge is -2.21. The number of esters is 1. The van der Waals surface area contributed by atoms with E-state index in [1.165, 1.54) is 31.2 Å². The van der Waals surface area contributed by atoms with Crippen molar-refractivity contribution in [3.8, 4) is 0 Å². The van der Waals surface area contributed by atoms with Crippen molar-refractivity contribution in [2.75, 3.05) is 17.5 Å². The van der Waals surface area contributed by atoms with Crippen LogP contribution in [0.3, 0.4) is 0 Å². The normalized spacial score (nSPS) is 18.5. The van der Waals surface area contributed by atoms with Gasteiger partial charge in [-0.2, -0.15) is 0 Å². The van der Waals surface area contributed by atoms with E-state index < -0.39 is 33.8 Å². The second kappa shape index (κ2) is 8.08. The van der Waals surface area contributed by atoms with Gasteiger partial charge in [0.05, 0.1) is 12.2 Å². The van der Waals surface area contributed by atoms with Gasteiger partial charge in [-0.25, -0.2) is 8.42 Å². The Morgan fingerprint density at radius 2 is 1.78 bits per heavy atom. The van der Waals surface area contributed by atoms with Crippen molar-refractivity contribution < 1.29 is 27.5 Å². The molecule has 27 heavy (non-hydrogen) atoms. The molecule has 0 radical (unpaired) electrons. The molecule has 2 rings (SSSR count). The van der Waals surface area contributed by atoms with Crippen LogP contribution in [0, 0.1) is 5.92 Å². The fraction of sp³-hybridized carbons (Fsp3) is 0.500. The van der Waals surface area contributed by atoms with Gasteiger partial charge < -0.3 is 9.64 Å². The van der Waals surface area contributed by atoms with Gasteiger partial charge in [0.1, 0.15) is 0 Å². The number of Topliss-reactive ketones (excluding diaryl/α,β-unsaturated/α-hetero) is 1. The Morgan fingerprint density at radius 3 is 2.26 bits per heavy atom. The lowest BCUT2D eigenvalue weighted by molar-refractivity contribution is -0.151. The highest BCUT2D eigenvalue weighted by molar-refractivity contribution is 7.92. The molecular formula is C18H24N2O6S. The number of ketones is 1. The summed E-state index contributed by atoms with van der Waals surface area (Å²) >= 11 is 0. The van der Waals surface area contributed by atoms with Crippen molar-refractivity contribution >= 4 is 33.4 Å². The van der Waals surface area contributed by atoms with Crippen LogP contribution in [0.15, 0.2) is 24.3 Å². The summed E-state index contributed by atoms with van der Waals surface area (Å²) in [7, 11) is -3.40. The van der Waals surface area contributed by atoms with Crippen molar-refractivity contribution in [3.05, 3.63) is 29.8 Å². The van der Waals surface area contributed by atoms with Gasteiger partial charge in [-0.05, 0) is 45.0 Å². The van der Waals surface area contributed by atoms with E-state index in [1.54, 1.807) is 4.90 Å². The predicted octanol–water partition coefficient (Wildman–Crippen LogP) is 1.43. The first-order valence-electron chi connectivity index (χ1n) is 8.60. The van der Waals surface area contributed by atoms with E-state index in [4.69, 9.17) is 4.74 Å². The molecule has 1 aliphatic rings. The molecule has 1 aromatic carbocycles. The molecule has 1 saturated heterocycles. The Hall–Kier alpha value is -2.42. The Balaban J connectivity index is 1.97. The quantitative estimate of drug-likeness (QED) is 0.551. The molecule has 2 atom stereocenters. The second-order valence-electron chi connectivity index (χ2n) is 6.94. The third kappa shape index (κ3) is 5.53. The number of ether oxygens (including phenoxy) is 1. The van der Waals surface area contributed by atoms with Crippen molar-refractivity contribution in [1.29, 1.82) is 0 Å². The van der Waals surface area contributed by atoms with Crippen LogP contribution >= 0.6 is 0 Å². The number of likely N-dealkylation sites (tertiary alicyclic amines) is 1. The molecule has 8 nitrogen and oxygen atoms in total. The number of carbonyl (C=O) groups excluding carboxylic acids is 3. The van der Waals surface area contributed by atoms with Crippen LogP contribution < -0.4 is 4.72 Å². The average molecular weight is 396 g/mol. The molecule has 0 spiro atoms. The first-order valence-corrected chi connectivity index (χ1v) is 10.5. The maximum absolute atomic E-state index is 12.4. The van der Waals surface area contributed by atoms with Crippen molar-refractivity contribution in [1.82, 2.24) is 4.90 Å². The van der Waals surface area contributed by atoms with Crippen LogP contribution in [0.2, 0.25) is 0 Å². The van der Waals surface area contributed by atoms with Gasteiger partial charge in [-0.15, -0.1) is 0 Å². The van der Waals surface area contributed by atoms with Crippen LogP contribution in [0.4, 0.5) is 5.69 Å². The summed E-state index contributed by atoms with van der Waals surface area (Å²) in [4.78, 5) is 38.2. The van der Waals surface area contributed by atoms with Crippen molar-refractivity contribution in [2.45, 2.75) is 39.3 Å². The largest absolute Gasteiger partial charge is 0.454 e. The summed E-state index contributed by atoms with van der Waals surface area (Å²) in [5.41, 5.74) is 0.623. The van der Waals surface area contributed by atoms with Gasteiger partial charge in [0.25, 0.3) is 0 Å². The molecule has 1 fully saturated rings. The molecule has 148 valence electrons. The molecule has 1 aliphatic heterocycles. The average Bonchev–Trinajstić information content (AvgIpc) is 2.95. The summed E-state index contributed by atoms with van der Waals surface area (Å²) in [6.07, 6.45) is 0.111. The molecule has 1 heterocycles. The highest BCUT2D eigenvalue weighted by Gasteiger charge is 2.37. The monoisotopic (exact) mass is 396 g/mol. The SMILES string of the molecule is CC(OC(=O)C1CC(=O)N(C(C)C)C1)C(=O)c1ccc(NS(C)(=O)=O)cc1. The molecule has 1 aromatic rings. The first kappa shape index (κ1) is 20.9. The molecule has 0 saturated carbocycles. The number of rotatable bonds is 7. The standard InChI is InChI=1S/C18H24N2O6S/c1-11(2)20-10-14(9-16(20)21)18(23)26-12(3)17(22)13-5-7-15(8-6-13)19-27(4,24)25/h5-8,11-12,14,19H,9-10H2,1-4H3. The highest BCUT2D eigenvalue weighted by atomic mass is 32.2. The Morgan fingerprint density at radius 1 is 1.19 bits per heavy atom. The number of sulfonamides is 1. The number of amides is 1. The van der Waals surface area contributed by atoms with Gasteiger partial charge in [0, 0.05) is 30.3 Å². The number of carbonyl (C=O) groups is 3. The number of nitrogens with one attached hydrogen (secondary N) is 1. The van der Waals surface area contributed by atoms with Gasteiger partial charge in [0.2, 0.25) is 21.7 Å². The second-order valence-corrected chi connectivity index (χ2v) is 8.68. The number of nitrogens with zero attached hydrogens (tertiary/aromatic N) is 1. The Bertz CT molecular complexity index is 832. The Kier molecular flexibility index (Phi) is 6.25. The topological polar surface area (TPSA) is 110 Å². The van der Waals surface area contributed by atoms with Gasteiger partial charge in [0.15, 0.2) is 6.10 Å². The summed E-state index contributed by atoms with van der Waals surface area (Å²) in [6.45, 7) is 5.52. The minimum atomic E-state index is -3.40. The minimum Gasteiger partial charge on any atom is -0.454 e. The van der Waals surface area contributed by atoms with Crippen LogP contribution in [-0.4, -0.2) is 55.9 Å². The van der Waals surface area contributed by atoms with Crippen LogP contribution in [0.5, 0.6) is 0 Å². The van der Waals surface area contributed by atoms with E-state index in [2.05, 4.69) is 4.72 Å². The number of hydrogen-bond acceptors (Lipinski definition) is 6. The summed E-state index contributed by atoms with van der Waals surface area (Å²) in [6, 6.07) is 5.84. The Labute approximate surface area is 158 Å². The fourth-order valence-electron chi connectivity index (χ4n) is 2.86. The van der Waals surface area contributed by atoms with E-state index in [0.29, 0.717) is 17.8 Å². The maximum atomic E-state index is 12.4. The fourth-order valence-corrected chi connectivity index (χ4v) is 3.43. The molecular weight excluding hydrogens is 372 g/mol. The number of benzene rings is 1. The first-order chi connectivity index (χ1) is 12.5. The van der Waals surface area contributed by atoms with E-state index in [0.717, 1.165) is 6.26 Å². The molecule has 1 N–H and O–H groups in total. The maximum Gasteiger partial charge on any atom is 0.311 e. The van der Waals surface area contributed by atoms with E-state index in [9.17, 15) is 22.8 Å². The predicted molar refractivity (Wildman–Crippen MR) is 99.7 cm³/mol. The zero-order chi connectivity index (χ0) is 20.4. The molecule has 0 aliphatic carbocycles. The summed E-state index contributed by atoms with van der Waals surface area (Å²) in [5, 5.41) is 0. The van der Waals surface area contributed by atoms with E-state index >= 15 is 0 Å². The lowest BCUT2D eigenvalue weighted by Crippen LogP contribution is -2.34. The molecule has 2 unspecified atom stereocenters. The van der Waals surface area contributed by atoms with Gasteiger partial charge in [-0.1, -0.05) is 0 Å². The minimum absolute atomic E-state index is 0.00779. The third-order valence-electron chi connectivity index (χ3n) is 4.25. The zero-order valence-corrected chi connectivity index (χ0v) is 16.6. The van der Waals surface area contributed by atoms with Gasteiger partial charge in [-0.3, -0.25) is 19.1 Å². The van der Waals surface area contributed by atoms with E-state index in [-0.39, 0.29) is 18.4 Å². The number of anilines is 1. The zero-order valence-electron chi connectivity index (χ0n) is 15.8.